The lowest BCUT2D eigenvalue weighted by molar-refractivity contribution is 0.0794. The molecule has 3 aromatic carbocycles. The molecule has 0 bridgehead atoms. The van der Waals surface area contributed by atoms with Crippen LogP contribution in [0.2, 0.25) is 5.02 Å². The average molecular weight is 512 g/mol. The standard InChI is InChI=1S/C26H26ClN3O4S/c1-17-8-7-11-22(18(17)2)29-35(33,34)24-16-19(12-13-21(24)27)25(31)28-23-10-4-3-9-20(23)26(32)30-14-5-6-15-30/h3-4,7-13,16,29H,5-6,14-15H2,1-2H3,(H,28,31). The summed E-state index contributed by atoms with van der Waals surface area (Å²) >= 11 is 6.22. The summed E-state index contributed by atoms with van der Waals surface area (Å²) in [5.41, 5.74) is 3.01. The fourth-order valence-electron chi connectivity index (χ4n) is 3.98. The monoisotopic (exact) mass is 511 g/mol. The summed E-state index contributed by atoms with van der Waals surface area (Å²) in [5.74, 6) is -0.693. The minimum atomic E-state index is -4.07. The third-order valence-corrected chi connectivity index (χ3v) is 7.98. The molecule has 2 N–H and O–H groups in total. The summed E-state index contributed by atoms with van der Waals surface area (Å²) in [6, 6.07) is 16.1. The number of nitrogens with zero attached hydrogens (tertiary/aromatic N) is 1. The number of amides is 2. The molecular weight excluding hydrogens is 486 g/mol. The molecule has 1 fully saturated rings. The van der Waals surface area contributed by atoms with Crippen molar-refractivity contribution in [1.82, 2.24) is 4.90 Å². The molecule has 9 heteroatoms. The normalized spacial score (nSPS) is 13.5. The van der Waals surface area contributed by atoms with E-state index in [1.54, 1.807) is 41.3 Å². The molecule has 1 heterocycles. The van der Waals surface area contributed by atoms with Crippen LogP contribution >= 0.6 is 11.6 Å². The summed E-state index contributed by atoms with van der Waals surface area (Å²) in [5, 5.41) is 2.74. The number of hydrogen-bond acceptors (Lipinski definition) is 4. The Labute approximate surface area is 210 Å². The number of anilines is 2. The predicted molar refractivity (Wildman–Crippen MR) is 138 cm³/mol. The molecule has 7 nitrogen and oxygen atoms in total. The maximum Gasteiger partial charge on any atom is 0.263 e. The number of carbonyl (C=O) groups excluding carboxylic acids is 2. The van der Waals surface area contributed by atoms with E-state index in [0.29, 0.717) is 30.0 Å². The topological polar surface area (TPSA) is 95.6 Å². The van der Waals surface area contributed by atoms with Gasteiger partial charge in [0.2, 0.25) is 0 Å². The van der Waals surface area contributed by atoms with E-state index >= 15 is 0 Å². The summed E-state index contributed by atoms with van der Waals surface area (Å²) < 4.78 is 28.8. The molecule has 2 amide bonds. The summed E-state index contributed by atoms with van der Waals surface area (Å²) in [4.78, 5) is 27.5. The van der Waals surface area contributed by atoms with Gasteiger partial charge in [-0.25, -0.2) is 8.42 Å². The van der Waals surface area contributed by atoms with Gasteiger partial charge in [0.1, 0.15) is 4.90 Å². The minimum absolute atomic E-state index is 0.0102. The van der Waals surface area contributed by atoms with E-state index < -0.39 is 15.9 Å². The first-order valence-electron chi connectivity index (χ1n) is 11.3. The van der Waals surface area contributed by atoms with Gasteiger partial charge in [0.25, 0.3) is 21.8 Å². The molecule has 0 atom stereocenters. The number of hydrogen-bond donors (Lipinski definition) is 2. The Morgan fingerprint density at radius 2 is 1.60 bits per heavy atom. The number of para-hydroxylation sites is 1. The fraction of sp³-hybridized carbons (Fsp3) is 0.231. The molecule has 3 aromatic rings. The van der Waals surface area contributed by atoms with Crippen molar-refractivity contribution in [1.29, 1.82) is 0 Å². The third kappa shape index (κ3) is 5.33. The van der Waals surface area contributed by atoms with Crippen LogP contribution in [0.15, 0.2) is 65.6 Å². The van der Waals surface area contributed by atoms with Crippen LogP contribution in [0.5, 0.6) is 0 Å². The second-order valence-corrected chi connectivity index (χ2v) is 10.6. The number of rotatable bonds is 6. The molecule has 0 aliphatic carbocycles. The lowest BCUT2D eigenvalue weighted by atomic mass is 10.1. The van der Waals surface area contributed by atoms with Gasteiger partial charge in [-0.3, -0.25) is 14.3 Å². The summed E-state index contributed by atoms with van der Waals surface area (Å²) in [7, 11) is -4.07. The minimum Gasteiger partial charge on any atom is -0.339 e. The van der Waals surface area contributed by atoms with Gasteiger partial charge in [-0.1, -0.05) is 35.9 Å². The number of nitrogens with one attached hydrogen (secondary N) is 2. The quantitative estimate of drug-likeness (QED) is 0.472. The maximum absolute atomic E-state index is 13.1. The van der Waals surface area contributed by atoms with Crippen LogP contribution in [0.1, 0.15) is 44.7 Å². The maximum atomic E-state index is 13.1. The molecule has 0 spiro atoms. The van der Waals surface area contributed by atoms with E-state index in [0.717, 1.165) is 24.0 Å². The zero-order valence-corrected chi connectivity index (χ0v) is 21.0. The number of sulfonamides is 1. The van der Waals surface area contributed by atoms with Crippen LogP contribution in [0.3, 0.4) is 0 Å². The lowest BCUT2D eigenvalue weighted by Gasteiger charge is -2.18. The molecule has 4 rings (SSSR count). The van der Waals surface area contributed by atoms with Crippen LogP contribution in [0.25, 0.3) is 0 Å². The fourth-order valence-corrected chi connectivity index (χ4v) is 5.63. The second kappa shape index (κ2) is 10.1. The van der Waals surface area contributed by atoms with Gasteiger partial charge < -0.3 is 10.2 Å². The highest BCUT2D eigenvalue weighted by Crippen LogP contribution is 2.28. The van der Waals surface area contributed by atoms with E-state index in [1.807, 2.05) is 19.9 Å². The van der Waals surface area contributed by atoms with E-state index in [4.69, 9.17) is 11.6 Å². The van der Waals surface area contributed by atoms with E-state index in [-0.39, 0.29) is 21.4 Å². The van der Waals surface area contributed by atoms with Gasteiger partial charge in [0.05, 0.1) is 22.0 Å². The molecule has 0 radical (unpaired) electrons. The zero-order valence-electron chi connectivity index (χ0n) is 19.5. The van der Waals surface area contributed by atoms with Crippen molar-refractivity contribution in [3.05, 3.63) is 87.9 Å². The number of halogens is 1. The van der Waals surface area contributed by atoms with Crippen molar-refractivity contribution >= 4 is 44.8 Å². The molecule has 0 saturated carbocycles. The first-order valence-corrected chi connectivity index (χ1v) is 13.1. The number of likely N-dealkylation sites (tertiary alicyclic amines) is 1. The Hall–Kier alpha value is -3.36. The van der Waals surface area contributed by atoms with E-state index in [2.05, 4.69) is 10.0 Å². The Kier molecular flexibility index (Phi) is 7.14. The van der Waals surface area contributed by atoms with Crippen molar-refractivity contribution in [2.24, 2.45) is 0 Å². The molecule has 0 aromatic heterocycles. The molecule has 182 valence electrons. The Morgan fingerprint density at radius 1 is 0.914 bits per heavy atom. The van der Waals surface area contributed by atoms with Crippen molar-refractivity contribution in [3.8, 4) is 0 Å². The van der Waals surface area contributed by atoms with Crippen LogP contribution in [0.4, 0.5) is 11.4 Å². The Bertz CT molecular complexity index is 1400. The predicted octanol–water partition coefficient (Wildman–Crippen LogP) is 5.25. The van der Waals surface area contributed by atoms with Crippen LogP contribution in [-0.4, -0.2) is 38.2 Å². The first kappa shape index (κ1) is 24.8. The number of aryl methyl sites for hydroxylation is 1. The SMILES string of the molecule is Cc1cccc(NS(=O)(=O)c2cc(C(=O)Nc3ccccc3C(=O)N3CCCC3)ccc2Cl)c1C. The van der Waals surface area contributed by atoms with Crippen LogP contribution in [0, 0.1) is 13.8 Å². The summed E-state index contributed by atoms with van der Waals surface area (Å²) in [6.07, 6.45) is 1.91. The molecule has 1 saturated heterocycles. The first-order chi connectivity index (χ1) is 16.7. The smallest absolute Gasteiger partial charge is 0.263 e. The third-order valence-electron chi connectivity index (χ3n) is 6.13. The largest absolute Gasteiger partial charge is 0.339 e. The highest BCUT2D eigenvalue weighted by molar-refractivity contribution is 7.92. The molecule has 0 unspecified atom stereocenters. The number of benzene rings is 3. The van der Waals surface area contributed by atoms with Gasteiger partial charge in [-0.15, -0.1) is 0 Å². The van der Waals surface area contributed by atoms with Gasteiger partial charge >= 0.3 is 0 Å². The highest BCUT2D eigenvalue weighted by atomic mass is 35.5. The van der Waals surface area contributed by atoms with Crippen LogP contribution < -0.4 is 10.0 Å². The molecular formula is C26H26ClN3O4S. The van der Waals surface area contributed by atoms with Gasteiger partial charge in [-0.05, 0) is 74.2 Å². The van der Waals surface area contributed by atoms with Crippen LogP contribution in [-0.2, 0) is 10.0 Å². The van der Waals surface area contributed by atoms with E-state index in [9.17, 15) is 18.0 Å². The lowest BCUT2D eigenvalue weighted by Crippen LogP contribution is -2.28. The summed E-state index contributed by atoms with van der Waals surface area (Å²) in [6.45, 7) is 5.08. The number of carbonyl (C=O) groups is 2. The molecule has 1 aliphatic heterocycles. The zero-order chi connectivity index (χ0) is 25.2. The van der Waals surface area contributed by atoms with Gasteiger partial charge in [-0.2, -0.15) is 0 Å². The highest BCUT2D eigenvalue weighted by Gasteiger charge is 2.24. The van der Waals surface area contributed by atoms with Crippen molar-refractivity contribution in [2.75, 3.05) is 23.1 Å². The Morgan fingerprint density at radius 3 is 2.34 bits per heavy atom. The average Bonchev–Trinajstić information content (AvgIpc) is 3.37. The molecule has 35 heavy (non-hydrogen) atoms. The molecule has 1 aliphatic rings. The van der Waals surface area contributed by atoms with Crippen molar-refractivity contribution < 1.29 is 18.0 Å². The van der Waals surface area contributed by atoms with Crippen molar-refractivity contribution in [2.45, 2.75) is 31.6 Å². The Balaban J connectivity index is 1.60. The van der Waals surface area contributed by atoms with Gasteiger partial charge in [0, 0.05) is 18.7 Å². The van der Waals surface area contributed by atoms with E-state index in [1.165, 1.54) is 18.2 Å². The van der Waals surface area contributed by atoms with Crippen molar-refractivity contribution in [3.63, 3.8) is 0 Å². The second-order valence-electron chi connectivity index (χ2n) is 8.50. The van der Waals surface area contributed by atoms with Gasteiger partial charge in [0.15, 0.2) is 0 Å².